The fraction of sp³-hybridized carbons (Fsp3) is 0.333. The van der Waals surface area contributed by atoms with Crippen molar-refractivity contribution < 1.29 is 22.4 Å². The zero-order valence-electron chi connectivity index (χ0n) is 10.6. The lowest BCUT2D eigenvalue weighted by atomic mass is 10.1. The Morgan fingerprint density at radius 3 is 2.65 bits per heavy atom. The molecule has 108 valence electrons. The minimum absolute atomic E-state index is 0.184. The summed E-state index contributed by atoms with van der Waals surface area (Å²) in [4.78, 5) is 15.8. The third-order valence-corrected chi connectivity index (χ3v) is 3.27. The number of aromatic nitrogens is 1. The highest BCUT2D eigenvalue weighted by molar-refractivity contribution is 7.13. The number of halogens is 3. The van der Waals surface area contributed by atoms with E-state index in [1.165, 1.54) is 11.3 Å². The second kappa shape index (κ2) is 5.28. The summed E-state index contributed by atoms with van der Waals surface area (Å²) < 4.78 is 42.1. The second-order valence-corrected chi connectivity index (χ2v) is 5.26. The van der Waals surface area contributed by atoms with Gasteiger partial charge in [0.25, 0.3) is 0 Å². The van der Waals surface area contributed by atoms with Crippen molar-refractivity contribution in [2.24, 2.45) is 0 Å². The Kier molecular flexibility index (Phi) is 3.85. The average molecular weight is 304 g/mol. The fourth-order valence-electron chi connectivity index (χ4n) is 1.49. The van der Waals surface area contributed by atoms with Crippen molar-refractivity contribution >= 4 is 23.1 Å². The summed E-state index contributed by atoms with van der Waals surface area (Å²) in [6.07, 6.45) is -4.97. The number of alkyl halides is 3. The lowest BCUT2D eigenvalue weighted by molar-refractivity contribution is -0.167. The highest BCUT2D eigenvalue weighted by Crippen LogP contribution is 2.33. The highest BCUT2D eigenvalue weighted by atomic mass is 32.1. The molecule has 20 heavy (non-hydrogen) atoms. The summed E-state index contributed by atoms with van der Waals surface area (Å²) in [5.74, 6) is -2.32. The molecule has 2 rings (SSSR count). The number of hydrogen-bond acceptors (Lipinski definition) is 4. The normalized spacial score (nSPS) is 11.9. The minimum Gasteiger partial charge on any atom is -0.419 e. The van der Waals surface area contributed by atoms with Gasteiger partial charge in [-0.15, -0.1) is 11.3 Å². The van der Waals surface area contributed by atoms with Gasteiger partial charge < -0.3 is 4.42 Å². The standard InChI is InChI=1S/C12H11F3N2O2S/c1-6(2)8-10(17-11(18)12(13,14)15)19-9(16-8)7-4-3-5-20-7/h3-6H,1-2H3,(H,17,18). The molecule has 0 atom stereocenters. The number of carbonyl (C=O) groups is 1. The second-order valence-electron chi connectivity index (χ2n) is 4.32. The summed E-state index contributed by atoms with van der Waals surface area (Å²) in [5.41, 5.74) is 0.283. The molecular formula is C12H11F3N2O2S. The van der Waals surface area contributed by atoms with Crippen LogP contribution in [0.3, 0.4) is 0 Å². The quantitative estimate of drug-likeness (QED) is 0.931. The van der Waals surface area contributed by atoms with Crippen molar-refractivity contribution in [3.05, 3.63) is 23.2 Å². The van der Waals surface area contributed by atoms with Crippen LogP contribution < -0.4 is 5.32 Å². The van der Waals surface area contributed by atoms with Crippen molar-refractivity contribution in [2.45, 2.75) is 25.9 Å². The Hall–Kier alpha value is -1.83. The molecule has 0 aliphatic heterocycles. The van der Waals surface area contributed by atoms with Gasteiger partial charge >= 0.3 is 12.1 Å². The van der Waals surface area contributed by atoms with E-state index in [9.17, 15) is 18.0 Å². The Bertz CT molecular complexity index is 603. The number of nitrogens with one attached hydrogen (secondary N) is 1. The van der Waals surface area contributed by atoms with Crippen LogP contribution in [0.1, 0.15) is 25.5 Å². The van der Waals surface area contributed by atoms with Gasteiger partial charge in [-0.1, -0.05) is 19.9 Å². The van der Waals surface area contributed by atoms with Gasteiger partial charge in [-0.3, -0.25) is 10.1 Å². The molecule has 0 spiro atoms. The Labute approximate surface area is 116 Å². The molecule has 2 aromatic rings. The Morgan fingerprint density at radius 1 is 1.45 bits per heavy atom. The van der Waals surface area contributed by atoms with Crippen LogP contribution >= 0.6 is 11.3 Å². The Morgan fingerprint density at radius 2 is 2.15 bits per heavy atom. The minimum atomic E-state index is -4.97. The molecule has 2 heterocycles. The predicted octanol–water partition coefficient (Wildman–Crippen LogP) is 4.03. The number of anilines is 1. The van der Waals surface area contributed by atoms with E-state index in [2.05, 4.69) is 4.98 Å². The lowest BCUT2D eigenvalue weighted by Crippen LogP contribution is -2.30. The molecule has 0 radical (unpaired) electrons. The van der Waals surface area contributed by atoms with Gasteiger partial charge in [0.05, 0.1) is 4.88 Å². The lowest BCUT2D eigenvalue weighted by Gasteiger charge is -2.07. The van der Waals surface area contributed by atoms with Crippen LogP contribution in [0.5, 0.6) is 0 Å². The third-order valence-electron chi connectivity index (χ3n) is 2.42. The van der Waals surface area contributed by atoms with Gasteiger partial charge in [0.1, 0.15) is 5.69 Å². The van der Waals surface area contributed by atoms with Crippen LogP contribution in [-0.4, -0.2) is 17.1 Å². The maximum absolute atomic E-state index is 12.3. The summed E-state index contributed by atoms with van der Waals surface area (Å²) in [6.45, 7) is 3.50. The van der Waals surface area contributed by atoms with E-state index < -0.39 is 12.1 Å². The van der Waals surface area contributed by atoms with Gasteiger partial charge in [0.15, 0.2) is 0 Å². The van der Waals surface area contributed by atoms with Crippen LogP contribution in [0, 0.1) is 0 Å². The highest BCUT2D eigenvalue weighted by Gasteiger charge is 2.40. The van der Waals surface area contributed by atoms with E-state index in [1.807, 2.05) is 0 Å². The zero-order valence-corrected chi connectivity index (χ0v) is 11.4. The molecule has 0 saturated carbocycles. The third kappa shape index (κ3) is 3.01. The molecule has 0 saturated heterocycles. The molecule has 1 amide bonds. The number of nitrogens with zero attached hydrogens (tertiary/aromatic N) is 1. The number of thiophene rings is 1. The fourth-order valence-corrected chi connectivity index (χ4v) is 2.14. The first-order valence-corrected chi connectivity index (χ1v) is 6.59. The molecule has 2 aromatic heterocycles. The first-order chi connectivity index (χ1) is 9.29. The monoisotopic (exact) mass is 304 g/mol. The van der Waals surface area contributed by atoms with E-state index in [4.69, 9.17) is 4.42 Å². The van der Waals surface area contributed by atoms with Crippen LogP contribution in [0.4, 0.5) is 19.1 Å². The molecule has 0 bridgehead atoms. The topological polar surface area (TPSA) is 55.1 Å². The molecular weight excluding hydrogens is 293 g/mol. The van der Waals surface area contributed by atoms with Crippen molar-refractivity contribution in [3.63, 3.8) is 0 Å². The van der Waals surface area contributed by atoms with Crippen LogP contribution in [0.2, 0.25) is 0 Å². The van der Waals surface area contributed by atoms with E-state index in [1.54, 1.807) is 36.7 Å². The van der Waals surface area contributed by atoms with E-state index in [0.29, 0.717) is 4.88 Å². The van der Waals surface area contributed by atoms with Crippen molar-refractivity contribution in [1.29, 1.82) is 0 Å². The molecule has 1 N–H and O–H groups in total. The summed E-state index contributed by atoms with van der Waals surface area (Å²) in [6, 6.07) is 3.50. The van der Waals surface area contributed by atoms with E-state index >= 15 is 0 Å². The summed E-state index contributed by atoms with van der Waals surface area (Å²) in [5, 5.41) is 3.52. The van der Waals surface area contributed by atoms with E-state index in [-0.39, 0.29) is 23.4 Å². The number of amides is 1. The molecule has 0 aliphatic carbocycles. The number of hydrogen-bond donors (Lipinski definition) is 1. The number of rotatable bonds is 3. The van der Waals surface area contributed by atoms with Crippen LogP contribution in [-0.2, 0) is 4.79 Å². The van der Waals surface area contributed by atoms with Crippen LogP contribution in [0.25, 0.3) is 10.8 Å². The first-order valence-electron chi connectivity index (χ1n) is 5.72. The van der Waals surface area contributed by atoms with Crippen molar-refractivity contribution in [2.75, 3.05) is 5.32 Å². The molecule has 8 heteroatoms. The smallest absolute Gasteiger partial charge is 0.419 e. The number of oxazole rings is 1. The molecule has 0 fully saturated rings. The molecule has 0 aromatic carbocycles. The van der Waals surface area contributed by atoms with Gasteiger partial charge in [-0.2, -0.15) is 13.2 Å². The van der Waals surface area contributed by atoms with E-state index in [0.717, 1.165) is 0 Å². The van der Waals surface area contributed by atoms with Gasteiger partial charge in [-0.25, -0.2) is 4.98 Å². The summed E-state index contributed by atoms with van der Waals surface area (Å²) in [7, 11) is 0. The number of carbonyl (C=O) groups excluding carboxylic acids is 1. The predicted molar refractivity (Wildman–Crippen MR) is 68.6 cm³/mol. The molecule has 0 aliphatic rings. The molecule has 0 unspecified atom stereocenters. The van der Waals surface area contributed by atoms with Gasteiger partial charge in [0, 0.05) is 5.92 Å². The van der Waals surface area contributed by atoms with Crippen molar-refractivity contribution in [3.8, 4) is 10.8 Å². The average Bonchev–Trinajstić information content (AvgIpc) is 2.94. The van der Waals surface area contributed by atoms with Crippen molar-refractivity contribution in [1.82, 2.24) is 4.98 Å². The maximum Gasteiger partial charge on any atom is 0.471 e. The first kappa shape index (κ1) is 14.6. The Balaban J connectivity index is 2.34. The maximum atomic E-state index is 12.3. The SMILES string of the molecule is CC(C)c1nc(-c2cccs2)oc1NC(=O)C(F)(F)F. The largest absolute Gasteiger partial charge is 0.471 e. The van der Waals surface area contributed by atoms with Gasteiger partial charge in [0.2, 0.25) is 11.8 Å². The molecule has 4 nitrogen and oxygen atoms in total. The van der Waals surface area contributed by atoms with Gasteiger partial charge in [-0.05, 0) is 11.4 Å². The summed E-state index contributed by atoms with van der Waals surface area (Å²) >= 11 is 1.34. The zero-order chi connectivity index (χ0) is 14.9. The van der Waals surface area contributed by atoms with Crippen LogP contribution in [0.15, 0.2) is 21.9 Å².